The van der Waals surface area contributed by atoms with Crippen LogP contribution in [0.25, 0.3) is 0 Å². The fourth-order valence-electron chi connectivity index (χ4n) is 4.58. The topological polar surface area (TPSA) is 70.7 Å². The Balaban J connectivity index is 1.32. The molecule has 2 amide bonds. The van der Waals surface area contributed by atoms with E-state index < -0.39 is 0 Å². The van der Waals surface area contributed by atoms with E-state index in [4.69, 9.17) is 4.74 Å². The number of carbonyl (C=O) groups is 2. The van der Waals surface area contributed by atoms with Crippen LogP contribution in [0.15, 0.2) is 72.8 Å². The Morgan fingerprint density at radius 3 is 2.46 bits per heavy atom. The number of benzene rings is 3. The Bertz CT molecular complexity index is 1170. The largest absolute Gasteiger partial charge is 0.496 e. The lowest BCUT2D eigenvalue weighted by Gasteiger charge is -2.35. The molecule has 1 aliphatic heterocycles. The van der Waals surface area contributed by atoms with E-state index in [1.807, 2.05) is 79.7 Å². The van der Waals surface area contributed by atoms with Crippen LogP contribution in [0.2, 0.25) is 0 Å². The molecule has 3 aromatic carbocycles. The van der Waals surface area contributed by atoms with Crippen molar-refractivity contribution in [2.45, 2.75) is 32.2 Å². The Morgan fingerprint density at radius 2 is 1.69 bits per heavy atom. The molecule has 0 saturated carbocycles. The van der Waals surface area contributed by atoms with Gasteiger partial charge in [-0.3, -0.25) is 9.59 Å². The third-order valence-corrected chi connectivity index (χ3v) is 6.47. The number of anilines is 1. The van der Waals surface area contributed by atoms with Crippen molar-refractivity contribution in [1.82, 2.24) is 10.6 Å². The summed E-state index contributed by atoms with van der Waals surface area (Å²) in [6, 6.07) is 23.4. The molecule has 0 radical (unpaired) electrons. The summed E-state index contributed by atoms with van der Waals surface area (Å²) in [5.41, 5.74) is 4.45. The van der Waals surface area contributed by atoms with Gasteiger partial charge in [0.05, 0.1) is 12.7 Å². The number of aryl methyl sites for hydroxylation is 1. The summed E-state index contributed by atoms with van der Waals surface area (Å²) in [4.78, 5) is 27.9. The molecule has 1 aliphatic rings. The summed E-state index contributed by atoms with van der Waals surface area (Å²) in [6.07, 6.45) is 2.37. The van der Waals surface area contributed by atoms with Gasteiger partial charge in [-0.05, 0) is 62.1 Å². The molecule has 6 heteroatoms. The van der Waals surface area contributed by atoms with Crippen LogP contribution in [0.1, 0.15) is 44.7 Å². The highest BCUT2D eigenvalue weighted by Crippen LogP contribution is 2.25. The number of methoxy groups -OCH3 is 1. The quantitative estimate of drug-likeness (QED) is 0.512. The number of amides is 2. The molecule has 0 atom stereocenters. The van der Waals surface area contributed by atoms with Gasteiger partial charge >= 0.3 is 0 Å². The summed E-state index contributed by atoms with van der Waals surface area (Å²) in [7, 11) is 1.66. The van der Waals surface area contributed by atoms with E-state index in [9.17, 15) is 9.59 Å². The molecule has 0 spiro atoms. The molecule has 1 fully saturated rings. The SMILES string of the molecule is COc1ccccc1CCNC(=O)c1ccccc1N1CCC(NC(=O)c2cccc(C)c2)CC1. The number of rotatable bonds is 8. The van der Waals surface area contributed by atoms with Crippen molar-refractivity contribution in [3.63, 3.8) is 0 Å². The van der Waals surface area contributed by atoms with Gasteiger partial charge in [0.2, 0.25) is 0 Å². The highest BCUT2D eigenvalue weighted by atomic mass is 16.5. The van der Waals surface area contributed by atoms with Gasteiger partial charge in [-0.25, -0.2) is 0 Å². The van der Waals surface area contributed by atoms with Gasteiger partial charge in [0.25, 0.3) is 11.8 Å². The molecule has 1 saturated heterocycles. The first-order valence-corrected chi connectivity index (χ1v) is 12.2. The van der Waals surface area contributed by atoms with Crippen LogP contribution >= 0.6 is 0 Å². The molecule has 4 rings (SSSR count). The highest BCUT2D eigenvalue weighted by Gasteiger charge is 2.24. The number of hydrogen-bond acceptors (Lipinski definition) is 4. The van der Waals surface area contributed by atoms with Crippen molar-refractivity contribution in [2.75, 3.05) is 31.6 Å². The molecule has 35 heavy (non-hydrogen) atoms. The van der Waals surface area contributed by atoms with Crippen molar-refractivity contribution in [3.05, 3.63) is 95.1 Å². The van der Waals surface area contributed by atoms with E-state index in [1.165, 1.54) is 0 Å². The average Bonchev–Trinajstić information content (AvgIpc) is 2.89. The monoisotopic (exact) mass is 471 g/mol. The fourth-order valence-corrected chi connectivity index (χ4v) is 4.58. The molecule has 0 bridgehead atoms. The van der Waals surface area contributed by atoms with Crippen molar-refractivity contribution in [2.24, 2.45) is 0 Å². The van der Waals surface area contributed by atoms with Gasteiger partial charge in [0, 0.05) is 36.9 Å². The predicted octanol–water partition coefficient (Wildman–Crippen LogP) is 4.37. The zero-order chi connectivity index (χ0) is 24.6. The number of piperidine rings is 1. The zero-order valence-electron chi connectivity index (χ0n) is 20.4. The zero-order valence-corrected chi connectivity index (χ0v) is 20.4. The highest BCUT2D eigenvalue weighted by molar-refractivity contribution is 6.00. The number of para-hydroxylation sites is 2. The van der Waals surface area contributed by atoms with E-state index in [0.717, 1.165) is 48.5 Å². The maximum Gasteiger partial charge on any atom is 0.253 e. The third-order valence-electron chi connectivity index (χ3n) is 6.47. The van der Waals surface area contributed by atoms with Crippen LogP contribution in [-0.2, 0) is 6.42 Å². The molecule has 6 nitrogen and oxygen atoms in total. The Labute approximate surface area is 207 Å². The fraction of sp³-hybridized carbons (Fsp3) is 0.310. The molecule has 0 aliphatic carbocycles. The first-order valence-electron chi connectivity index (χ1n) is 12.2. The first-order chi connectivity index (χ1) is 17.0. The van der Waals surface area contributed by atoms with Crippen LogP contribution < -0.4 is 20.3 Å². The van der Waals surface area contributed by atoms with Crippen molar-refractivity contribution >= 4 is 17.5 Å². The summed E-state index contributed by atoms with van der Waals surface area (Å²) in [5, 5.41) is 6.23. The van der Waals surface area contributed by atoms with Crippen molar-refractivity contribution in [3.8, 4) is 5.75 Å². The lowest BCUT2D eigenvalue weighted by atomic mass is 10.0. The minimum atomic E-state index is -0.0784. The number of hydrogen-bond donors (Lipinski definition) is 2. The van der Waals surface area contributed by atoms with Crippen molar-refractivity contribution in [1.29, 1.82) is 0 Å². The molecule has 182 valence electrons. The summed E-state index contributed by atoms with van der Waals surface area (Å²) in [5.74, 6) is 0.729. The lowest BCUT2D eigenvalue weighted by molar-refractivity contribution is 0.0929. The first kappa shape index (κ1) is 24.3. The Hall–Kier alpha value is -3.80. The van der Waals surface area contributed by atoms with E-state index >= 15 is 0 Å². The van der Waals surface area contributed by atoms with Gasteiger partial charge in [-0.1, -0.05) is 48.0 Å². The minimum absolute atomic E-state index is 0.0259. The van der Waals surface area contributed by atoms with Crippen LogP contribution in [-0.4, -0.2) is 44.6 Å². The number of ether oxygens (including phenoxy) is 1. The van der Waals surface area contributed by atoms with Crippen LogP contribution in [0.5, 0.6) is 5.75 Å². The number of nitrogens with one attached hydrogen (secondary N) is 2. The molecule has 0 unspecified atom stereocenters. The second-order valence-electron chi connectivity index (χ2n) is 8.94. The minimum Gasteiger partial charge on any atom is -0.496 e. The van der Waals surface area contributed by atoms with Gasteiger partial charge in [0.1, 0.15) is 5.75 Å². The maximum absolute atomic E-state index is 13.0. The van der Waals surface area contributed by atoms with Crippen LogP contribution in [0.3, 0.4) is 0 Å². The maximum atomic E-state index is 13.0. The number of nitrogens with zero attached hydrogens (tertiary/aromatic N) is 1. The summed E-state index contributed by atoms with van der Waals surface area (Å²) < 4.78 is 5.40. The van der Waals surface area contributed by atoms with Gasteiger partial charge in [-0.15, -0.1) is 0 Å². The van der Waals surface area contributed by atoms with E-state index in [0.29, 0.717) is 24.1 Å². The normalized spacial score (nSPS) is 13.8. The van der Waals surface area contributed by atoms with Gasteiger partial charge in [-0.2, -0.15) is 0 Å². The Morgan fingerprint density at radius 1 is 0.943 bits per heavy atom. The molecular weight excluding hydrogens is 438 g/mol. The number of carbonyl (C=O) groups excluding carboxylic acids is 2. The third kappa shape index (κ3) is 6.21. The second kappa shape index (κ2) is 11.6. The van der Waals surface area contributed by atoms with Crippen LogP contribution in [0.4, 0.5) is 5.69 Å². The average molecular weight is 472 g/mol. The summed E-state index contributed by atoms with van der Waals surface area (Å²) >= 11 is 0. The standard InChI is InChI=1S/C29H33N3O3/c1-21-8-7-10-23(20-21)28(33)31-24-15-18-32(19-16-24)26-12-5-4-11-25(26)29(34)30-17-14-22-9-3-6-13-27(22)35-2/h3-13,20,24H,14-19H2,1-2H3,(H,30,34)(H,31,33). The van der Waals surface area contributed by atoms with Crippen molar-refractivity contribution < 1.29 is 14.3 Å². The lowest BCUT2D eigenvalue weighted by Crippen LogP contribution is -2.45. The molecule has 3 aromatic rings. The smallest absolute Gasteiger partial charge is 0.253 e. The van der Waals surface area contributed by atoms with Gasteiger partial charge < -0.3 is 20.3 Å². The molecule has 1 heterocycles. The van der Waals surface area contributed by atoms with Crippen LogP contribution in [0, 0.1) is 6.92 Å². The molecular formula is C29H33N3O3. The second-order valence-corrected chi connectivity index (χ2v) is 8.94. The molecule has 2 N–H and O–H groups in total. The van der Waals surface area contributed by atoms with Gasteiger partial charge in [0.15, 0.2) is 0 Å². The van der Waals surface area contributed by atoms with E-state index in [-0.39, 0.29) is 17.9 Å². The predicted molar refractivity (Wildman–Crippen MR) is 139 cm³/mol. The summed E-state index contributed by atoms with van der Waals surface area (Å²) in [6.45, 7) is 4.08. The Kier molecular flexibility index (Phi) is 8.03. The molecule has 0 aromatic heterocycles. The van der Waals surface area contributed by atoms with E-state index in [1.54, 1.807) is 7.11 Å². The van der Waals surface area contributed by atoms with E-state index in [2.05, 4.69) is 15.5 Å².